The van der Waals surface area contributed by atoms with Crippen molar-refractivity contribution in [1.82, 2.24) is 9.29 Å². The summed E-state index contributed by atoms with van der Waals surface area (Å²) >= 11 is 0. The molecule has 1 aliphatic rings. The molecule has 0 aromatic carbocycles. The fraction of sp³-hybridized carbons (Fsp3) is 0.538. The molecule has 1 aliphatic heterocycles. The first kappa shape index (κ1) is 14.9. The van der Waals surface area contributed by atoms with Gasteiger partial charge in [-0.1, -0.05) is 6.42 Å². The van der Waals surface area contributed by atoms with Crippen LogP contribution in [0.15, 0.2) is 23.2 Å². The summed E-state index contributed by atoms with van der Waals surface area (Å²) in [6.07, 6.45) is 4.23. The van der Waals surface area contributed by atoms with Crippen LogP contribution in [0, 0.1) is 11.3 Å². The normalized spacial score (nSPS) is 20.5. The van der Waals surface area contributed by atoms with Crippen molar-refractivity contribution in [2.75, 3.05) is 13.2 Å². The second-order valence-corrected chi connectivity index (χ2v) is 6.66. The highest BCUT2D eigenvalue weighted by Gasteiger charge is 2.33. The van der Waals surface area contributed by atoms with Crippen LogP contribution in [0.3, 0.4) is 0 Å². The number of nitriles is 1. The Balaban J connectivity index is 2.29. The molecule has 1 unspecified atom stereocenters. The van der Waals surface area contributed by atoms with E-state index in [2.05, 4.69) is 4.98 Å². The molecule has 0 spiro atoms. The molecule has 1 aromatic rings. The Bertz CT molecular complexity index is 590. The van der Waals surface area contributed by atoms with Crippen molar-refractivity contribution in [3.63, 3.8) is 0 Å². The molecule has 1 N–H and O–H groups in total. The highest BCUT2D eigenvalue weighted by Crippen LogP contribution is 2.26. The molecule has 0 saturated carbocycles. The largest absolute Gasteiger partial charge is 0.396 e. The second kappa shape index (κ2) is 6.31. The van der Waals surface area contributed by atoms with Gasteiger partial charge in [-0.15, -0.1) is 0 Å². The fourth-order valence-electron chi connectivity index (χ4n) is 2.46. The van der Waals surface area contributed by atoms with Crippen molar-refractivity contribution in [2.45, 2.75) is 36.6 Å². The summed E-state index contributed by atoms with van der Waals surface area (Å²) in [5.74, 6) is 0. The number of piperidine rings is 1. The third-order valence-corrected chi connectivity index (χ3v) is 5.43. The molecule has 1 saturated heterocycles. The SMILES string of the molecule is N#Cc1ccc(S(=O)(=O)N2CCCCC2CCO)cn1. The fourth-order valence-corrected chi connectivity index (χ4v) is 4.13. The first-order chi connectivity index (χ1) is 9.59. The zero-order valence-corrected chi connectivity index (χ0v) is 11.9. The lowest BCUT2D eigenvalue weighted by Gasteiger charge is -2.34. The van der Waals surface area contributed by atoms with Gasteiger partial charge in [-0.25, -0.2) is 13.4 Å². The van der Waals surface area contributed by atoms with Crippen LogP contribution < -0.4 is 0 Å². The first-order valence-corrected chi connectivity index (χ1v) is 8.02. The molecule has 2 rings (SSSR count). The molecule has 0 aliphatic carbocycles. The minimum atomic E-state index is -3.61. The minimum Gasteiger partial charge on any atom is -0.396 e. The van der Waals surface area contributed by atoms with E-state index in [1.54, 1.807) is 0 Å². The third-order valence-electron chi connectivity index (χ3n) is 3.49. The number of pyridine rings is 1. The van der Waals surface area contributed by atoms with E-state index in [9.17, 15) is 8.42 Å². The van der Waals surface area contributed by atoms with Gasteiger partial charge in [-0.3, -0.25) is 0 Å². The second-order valence-electron chi connectivity index (χ2n) is 4.77. The number of aromatic nitrogens is 1. The average Bonchev–Trinajstić information content (AvgIpc) is 2.48. The topological polar surface area (TPSA) is 94.3 Å². The van der Waals surface area contributed by atoms with Crippen LogP contribution in [0.1, 0.15) is 31.4 Å². The standard InChI is InChI=1S/C13H17N3O3S/c14-9-11-4-5-13(10-15-11)20(18,19)16-7-2-1-3-12(16)6-8-17/h4-5,10,12,17H,1-3,6-8H2. The van der Waals surface area contributed by atoms with Gasteiger partial charge < -0.3 is 5.11 Å². The van der Waals surface area contributed by atoms with Gasteiger partial charge >= 0.3 is 0 Å². The maximum Gasteiger partial charge on any atom is 0.244 e. The Kier molecular flexibility index (Phi) is 4.70. The third kappa shape index (κ3) is 2.98. The highest BCUT2D eigenvalue weighted by atomic mass is 32.2. The van der Waals surface area contributed by atoms with E-state index in [4.69, 9.17) is 10.4 Å². The number of nitrogens with zero attached hydrogens (tertiary/aromatic N) is 3. The molecule has 1 atom stereocenters. The maximum absolute atomic E-state index is 12.6. The number of hydrogen-bond donors (Lipinski definition) is 1. The van der Waals surface area contributed by atoms with Crippen molar-refractivity contribution in [2.24, 2.45) is 0 Å². The molecular weight excluding hydrogens is 278 g/mol. The maximum atomic E-state index is 12.6. The van der Waals surface area contributed by atoms with Crippen LogP contribution in [0.2, 0.25) is 0 Å². The molecule has 0 radical (unpaired) electrons. The zero-order valence-electron chi connectivity index (χ0n) is 11.1. The highest BCUT2D eigenvalue weighted by molar-refractivity contribution is 7.89. The van der Waals surface area contributed by atoms with Crippen molar-refractivity contribution >= 4 is 10.0 Å². The summed E-state index contributed by atoms with van der Waals surface area (Å²) in [6.45, 7) is 0.440. The van der Waals surface area contributed by atoms with E-state index < -0.39 is 10.0 Å². The Morgan fingerprint density at radius 3 is 2.85 bits per heavy atom. The summed E-state index contributed by atoms with van der Waals surface area (Å²) in [5, 5.41) is 17.8. The average molecular weight is 295 g/mol. The van der Waals surface area contributed by atoms with Gasteiger partial charge in [0.1, 0.15) is 16.7 Å². The van der Waals surface area contributed by atoms with Crippen molar-refractivity contribution in [3.05, 3.63) is 24.0 Å². The Morgan fingerprint density at radius 2 is 2.25 bits per heavy atom. The van der Waals surface area contributed by atoms with Crippen LogP contribution in [0.25, 0.3) is 0 Å². The van der Waals surface area contributed by atoms with E-state index in [0.717, 1.165) is 19.3 Å². The summed E-state index contributed by atoms with van der Waals surface area (Å²) in [7, 11) is -3.61. The Labute approximate surface area is 118 Å². The predicted octanol–water partition coefficient (Wildman–Crippen LogP) is 0.879. The van der Waals surface area contributed by atoms with Crippen molar-refractivity contribution in [1.29, 1.82) is 5.26 Å². The molecule has 7 heteroatoms. The van der Waals surface area contributed by atoms with Crippen LogP contribution in [-0.2, 0) is 10.0 Å². The van der Waals surface area contributed by atoms with E-state index in [1.807, 2.05) is 6.07 Å². The van der Waals surface area contributed by atoms with Crippen LogP contribution >= 0.6 is 0 Å². The van der Waals surface area contributed by atoms with E-state index >= 15 is 0 Å². The first-order valence-electron chi connectivity index (χ1n) is 6.58. The van der Waals surface area contributed by atoms with Gasteiger partial charge in [0.2, 0.25) is 10.0 Å². The summed E-state index contributed by atoms with van der Waals surface area (Å²) < 4.78 is 26.6. The lowest BCUT2D eigenvalue weighted by atomic mass is 10.0. The minimum absolute atomic E-state index is 0.0255. The quantitative estimate of drug-likeness (QED) is 0.889. The molecule has 6 nitrogen and oxygen atoms in total. The van der Waals surface area contributed by atoms with Crippen molar-refractivity contribution in [3.8, 4) is 6.07 Å². The Morgan fingerprint density at radius 1 is 1.45 bits per heavy atom. The number of aliphatic hydroxyl groups excluding tert-OH is 1. The summed E-state index contributed by atoms with van der Waals surface area (Å²) in [4.78, 5) is 3.91. The van der Waals surface area contributed by atoms with E-state index in [-0.39, 0.29) is 23.2 Å². The smallest absolute Gasteiger partial charge is 0.244 e. The number of rotatable bonds is 4. The number of hydrogen-bond acceptors (Lipinski definition) is 5. The summed E-state index contributed by atoms with van der Waals surface area (Å²) in [5.41, 5.74) is 0.189. The van der Waals surface area contributed by atoms with E-state index in [1.165, 1.54) is 22.6 Å². The van der Waals surface area contributed by atoms with Gasteiger partial charge in [0.15, 0.2) is 0 Å². The Hall–Kier alpha value is -1.49. The molecule has 2 heterocycles. The van der Waals surface area contributed by atoms with Gasteiger partial charge in [0.05, 0.1) is 0 Å². The van der Waals surface area contributed by atoms with Gasteiger partial charge in [0, 0.05) is 25.4 Å². The predicted molar refractivity (Wildman–Crippen MR) is 72.2 cm³/mol. The van der Waals surface area contributed by atoms with Crippen LogP contribution in [-0.4, -0.2) is 42.0 Å². The number of sulfonamides is 1. The molecule has 20 heavy (non-hydrogen) atoms. The van der Waals surface area contributed by atoms with Crippen LogP contribution in [0.4, 0.5) is 0 Å². The zero-order chi connectivity index (χ0) is 14.6. The van der Waals surface area contributed by atoms with Gasteiger partial charge in [-0.2, -0.15) is 9.57 Å². The van der Waals surface area contributed by atoms with Crippen LogP contribution in [0.5, 0.6) is 0 Å². The molecule has 1 aromatic heterocycles. The monoisotopic (exact) mass is 295 g/mol. The van der Waals surface area contributed by atoms with Crippen molar-refractivity contribution < 1.29 is 13.5 Å². The van der Waals surface area contributed by atoms with E-state index in [0.29, 0.717) is 13.0 Å². The number of aliphatic hydroxyl groups is 1. The lowest BCUT2D eigenvalue weighted by molar-refractivity contribution is 0.192. The lowest BCUT2D eigenvalue weighted by Crippen LogP contribution is -2.44. The molecular formula is C13H17N3O3S. The molecule has 0 amide bonds. The van der Waals surface area contributed by atoms with Gasteiger partial charge in [0.25, 0.3) is 0 Å². The molecule has 108 valence electrons. The molecule has 1 fully saturated rings. The molecule has 0 bridgehead atoms. The van der Waals surface area contributed by atoms with Gasteiger partial charge in [-0.05, 0) is 31.4 Å². The summed E-state index contributed by atoms with van der Waals surface area (Å²) in [6, 6.07) is 4.51.